The fraction of sp³-hybridized carbons (Fsp3) is 0.556. The maximum atomic E-state index is 12.7. The summed E-state index contributed by atoms with van der Waals surface area (Å²) in [6.07, 6.45) is 7.65. The molecule has 2 aliphatic heterocycles. The fourth-order valence-corrected chi connectivity index (χ4v) is 3.83. The highest BCUT2D eigenvalue weighted by molar-refractivity contribution is 5.93. The topological polar surface area (TPSA) is 117 Å². The monoisotopic (exact) mass is 385 g/mol. The standard InChI is InChI=1S/C18H23N7O3/c26-16-14(9-20-15(22-16)10-25-12-19-11-21-25)18(28)24-7-3-13(4-8-24)17(27)23-5-1-2-6-23/h9,11-13H,1-8,10H2,(H,20,22,26). The molecule has 148 valence electrons. The predicted molar refractivity (Wildman–Crippen MR) is 98.4 cm³/mol. The molecule has 2 amide bonds. The van der Waals surface area contributed by atoms with E-state index in [0.717, 1.165) is 25.9 Å². The lowest BCUT2D eigenvalue weighted by Crippen LogP contribution is -2.44. The van der Waals surface area contributed by atoms with Crippen LogP contribution in [-0.2, 0) is 11.3 Å². The number of aromatic amines is 1. The van der Waals surface area contributed by atoms with E-state index in [2.05, 4.69) is 20.1 Å². The number of nitrogens with one attached hydrogen (secondary N) is 1. The first-order valence-corrected chi connectivity index (χ1v) is 9.60. The molecule has 2 fully saturated rings. The van der Waals surface area contributed by atoms with Crippen molar-refractivity contribution in [3.63, 3.8) is 0 Å². The Balaban J connectivity index is 1.37. The van der Waals surface area contributed by atoms with Crippen LogP contribution in [0.1, 0.15) is 41.9 Å². The normalized spacial score (nSPS) is 17.9. The zero-order valence-electron chi connectivity index (χ0n) is 15.6. The van der Waals surface area contributed by atoms with Crippen LogP contribution in [0, 0.1) is 5.92 Å². The minimum Gasteiger partial charge on any atom is -0.342 e. The zero-order valence-corrected chi connectivity index (χ0v) is 15.6. The van der Waals surface area contributed by atoms with Gasteiger partial charge in [0.15, 0.2) is 0 Å². The second kappa shape index (κ2) is 7.91. The van der Waals surface area contributed by atoms with E-state index in [1.807, 2.05) is 4.90 Å². The summed E-state index contributed by atoms with van der Waals surface area (Å²) in [6, 6.07) is 0. The molecule has 0 aromatic carbocycles. The maximum absolute atomic E-state index is 12.7. The van der Waals surface area contributed by atoms with Crippen LogP contribution in [0.5, 0.6) is 0 Å². The Morgan fingerprint density at radius 3 is 2.50 bits per heavy atom. The Hall–Kier alpha value is -3.04. The molecule has 0 spiro atoms. The van der Waals surface area contributed by atoms with Crippen LogP contribution in [-0.4, -0.2) is 72.5 Å². The smallest absolute Gasteiger partial charge is 0.263 e. The second-order valence-electron chi connectivity index (χ2n) is 7.26. The van der Waals surface area contributed by atoms with Crippen molar-refractivity contribution in [3.8, 4) is 0 Å². The fourth-order valence-electron chi connectivity index (χ4n) is 3.83. The van der Waals surface area contributed by atoms with Crippen LogP contribution >= 0.6 is 0 Å². The van der Waals surface area contributed by atoms with E-state index in [1.54, 1.807) is 4.90 Å². The summed E-state index contributed by atoms with van der Waals surface area (Å²) in [6.45, 7) is 2.92. The first-order valence-electron chi connectivity index (χ1n) is 9.60. The minimum atomic E-state index is -0.467. The molecule has 0 bridgehead atoms. The summed E-state index contributed by atoms with van der Waals surface area (Å²) < 4.78 is 1.53. The van der Waals surface area contributed by atoms with E-state index in [9.17, 15) is 14.4 Å². The summed E-state index contributed by atoms with van der Waals surface area (Å²) in [4.78, 5) is 51.8. The van der Waals surface area contributed by atoms with Gasteiger partial charge in [-0.1, -0.05) is 0 Å². The zero-order chi connectivity index (χ0) is 19.5. The molecule has 2 aliphatic rings. The summed E-state index contributed by atoms with van der Waals surface area (Å²) in [5.41, 5.74) is -0.447. The largest absolute Gasteiger partial charge is 0.342 e. The van der Waals surface area contributed by atoms with Crippen LogP contribution in [0.25, 0.3) is 0 Å². The van der Waals surface area contributed by atoms with Crippen LogP contribution in [0.4, 0.5) is 0 Å². The molecule has 28 heavy (non-hydrogen) atoms. The Morgan fingerprint density at radius 2 is 1.86 bits per heavy atom. The second-order valence-corrected chi connectivity index (χ2v) is 7.26. The SMILES string of the molecule is O=C(c1cnc(Cn2cncn2)[nH]c1=O)N1CCC(C(=O)N2CCCC2)CC1. The van der Waals surface area contributed by atoms with Crippen molar-refractivity contribution >= 4 is 11.8 Å². The number of aromatic nitrogens is 5. The van der Waals surface area contributed by atoms with Crippen LogP contribution in [0.15, 0.2) is 23.6 Å². The van der Waals surface area contributed by atoms with Crippen molar-refractivity contribution in [2.45, 2.75) is 32.2 Å². The molecule has 2 saturated heterocycles. The molecule has 2 aromatic heterocycles. The molecule has 10 heteroatoms. The number of rotatable bonds is 4. The van der Waals surface area contributed by atoms with Crippen molar-refractivity contribution in [2.75, 3.05) is 26.2 Å². The Labute approximate surface area is 161 Å². The van der Waals surface area contributed by atoms with Gasteiger partial charge in [-0.25, -0.2) is 14.6 Å². The number of hydrogen-bond acceptors (Lipinski definition) is 6. The molecular weight excluding hydrogens is 362 g/mol. The summed E-state index contributed by atoms with van der Waals surface area (Å²) in [7, 11) is 0. The molecule has 1 N–H and O–H groups in total. The van der Waals surface area contributed by atoms with Gasteiger partial charge in [-0.15, -0.1) is 0 Å². The van der Waals surface area contributed by atoms with E-state index in [-0.39, 0.29) is 29.8 Å². The summed E-state index contributed by atoms with van der Waals surface area (Å²) in [5, 5.41) is 3.96. The average Bonchev–Trinajstić information content (AvgIpc) is 3.41. The lowest BCUT2D eigenvalue weighted by Gasteiger charge is -2.33. The van der Waals surface area contributed by atoms with Gasteiger partial charge in [-0.05, 0) is 25.7 Å². The van der Waals surface area contributed by atoms with Crippen LogP contribution < -0.4 is 5.56 Å². The maximum Gasteiger partial charge on any atom is 0.263 e. The minimum absolute atomic E-state index is 0.0201. The number of likely N-dealkylation sites (tertiary alicyclic amines) is 2. The Bertz CT molecular complexity index is 894. The number of amides is 2. The van der Waals surface area contributed by atoms with Crippen LogP contribution in [0.2, 0.25) is 0 Å². The van der Waals surface area contributed by atoms with Crippen molar-refractivity contribution in [1.82, 2.24) is 34.5 Å². The number of nitrogens with zero attached hydrogens (tertiary/aromatic N) is 6. The molecule has 0 saturated carbocycles. The number of hydrogen-bond donors (Lipinski definition) is 1. The third-order valence-electron chi connectivity index (χ3n) is 5.41. The van der Waals surface area contributed by atoms with Gasteiger partial charge in [0.05, 0.1) is 0 Å². The van der Waals surface area contributed by atoms with Gasteiger partial charge in [-0.3, -0.25) is 14.4 Å². The number of carbonyl (C=O) groups excluding carboxylic acids is 2. The Kier molecular flexibility index (Phi) is 5.18. The first kappa shape index (κ1) is 18.3. The molecule has 4 rings (SSSR count). The molecular formula is C18H23N7O3. The highest BCUT2D eigenvalue weighted by Crippen LogP contribution is 2.22. The third-order valence-corrected chi connectivity index (χ3v) is 5.41. The van der Waals surface area contributed by atoms with Crippen molar-refractivity contribution in [2.24, 2.45) is 5.92 Å². The van der Waals surface area contributed by atoms with Crippen LogP contribution in [0.3, 0.4) is 0 Å². The molecule has 2 aromatic rings. The quantitative estimate of drug-likeness (QED) is 0.784. The molecule has 0 atom stereocenters. The average molecular weight is 385 g/mol. The Morgan fingerprint density at radius 1 is 1.11 bits per heavy atom. The van der Waals surface area contributed by atoms with Crippen molar-refractivity contribution in [1.29, 1.82) is 0 Å². The predicted octanol–water partition coefficient (Wildman–Crippen LogP) is -0.116. The lowest BCUT2D eigenvalue weighted by atomic mass is 9.95. The van der Waals surface area contributed by atoms with Gasteiger partial charge in [0, 0.05) is 38.3 Å². The van der Waals surface area contributed by atoms with Gasteiger partial charge in [0.1, 0.15) is 30.6 Å². The summed E-state index contributed by atoms with van der Waals surface area (Å²) in [5.74, 6) is 0.250. The molecule has 4 heterocycles. The molecule has 0 unspecified atom stereocenters. The van der Waals surface area contributed by atoms with E-state index in [1.165, 1.54) is 23.5 Å². The highest BCUT2D eigenvalue weighted by Gasteiger charge is 2.32. The van der Waals surface area contributed by atoms with Gasteiger partial charge >= 0.3 is 0 Å². The van der Waals surface area contributed by atoms with Crippen molar-refractivity contribution in [3.05, 3.63) is 40.6 Å². The molecule has 0 radical (unpaired) electrons. The van der Waals surface area contributed by atoms with E-state index in [0.29, 0.717) is 31.8 Å². The number of piperidine rings is 1. The van der Waals surface area contributed by atoms with E-state index >= 15 is 0 Å². The van der Waals surface area contributed by atoms with E-state index < -0.39 is 5.56 Å². The van der Waals surface area contributed by atoms with Gasteiger partial charge < -0.3 is 14.8 Å². The summed E-state index contributed by atoms with van der Waals surface area (Å²) >= 11 is 0. The number of carbonyl (C=O) groups is 2. The van der Waals surface area contributed by atoms with Crippen molar-refractivity contribution < 1.29 is 9.59 Å². The highest BCUT2D eigenvalue weighted by atomic mass is 16.2. The third kappa shape index (κ3) is 3.80. The lowest BCUT2D eigenvalue weighted by molar-refractivity contribution is -0.135. The molecule has 10 nitrogen and oxygen atoms in total. The molecule has 0 aliphatic carbocycles. The van der Waals surface area contributed by atoms with E-state index in [4.69, 9.17) is 0 Å². The van der Waals surface area contributed by atoms with Gasteiger partial charge in [0.25, 0.3) is 11.5 Å². The first-order chi connectivity index (χ1) is 13.6. The number of H-pyrrole nitrogens is 1. The van der Waals surface area contributed by atoms with Gasteiger partial charge in [-0.2, -0.15) is 5.10 Å². The van der Waals surface area contributed by atoms with Gasteiger partial charge in [0.2, 0.25) is 5.91 Å².